The lowest BCUT2D eigenvalue weighted by molar-refractivity contribution is -0.387. The third-order valence-electron chi connectivity index (χ3n) is 1.89. The lowest BCUT2D eigenvalue weighted by Crippen LogP contribution is -1.97. The van der Waals surface area contributed by atoms with Crippen LogP contribution in [0.1, 0.15) is 0 Å². The molecule has 0 saturated carbocycles. The molecule has 1 heterocycles. The van der Waals surface area contributed by atoms with Crippen LogP contribution >= 0.6 is 23.2 Å². The summed E-state index contributed by atoms with van der Waals surface area (Å²) in [7, 11) is 0. The highest BCUT2D eigenvalue weighted by Gasteiger charge is 2.15. The molecule has 0 atom stereocenters. The number of ether oxygens (including phenoxy) is 1. The Kier molecular flexibility index (Phi) is 3.72. The van der Waals surface area contributed by atoms with Crippen LogP contribution in [0.4, 0.5) is 10.1 Å². The zero-order chi connectivity index (χ0) is 14.0. The molecule has 0 bridgehead atoms. The van der Waals surface area contributed by atoms with Gasteiger partial charge in [-0.15, -0.1) is 0 Å². The van der Waals surface area contributed by atoms with E-state index >= 15 is 0 Å². The second kappa shape index (κ2) is 5.29. The maximum absolute atomic E-state index is 13.3. The largest absolute Gasteiger partial charge is 0.424 e. The monoisotopic (exact) mass is 304 g/mol. The van der Waals surface area contributed by atoms with E-state index in [0.29, 0.717) is 0 Å². The molecular formula is C9H3Cl2FN4O3. The average molecular weight is 305 g/mol. The van der Waals surface area contributed by atoms with Gasteiger partial charge in [0, 0.05) is 12.1 Å². The van der Waals surface area contributed by atoms with Crippen LogP contribution in [0.25, 0.3) is 0 Å². The summed E-state index contributed by atoms with van der Waals surface area (Å²) in [6, 6.07) is 2.71. The fraction of sp³-hybridized carbons (Fsp3) is 0. The van der Waals surface area contributed by atoms with Crippen molar-refractivity contribution < 1.29 is 14.1 Å². The molecule has 0 spiro atoms. The molecule has 19 heavy (non-hydrogen) atoms. The zero-order valence-corrected chi connectivity index (χ0v) is 10.4. The van der Waals surface area contributed by atoms with Crippen LogP contribution in [0, 0.1) is 15.9 Å². The Morgan fingerprint density at radius 3 is 2.37 bits per heavy atom. The summed E-state index contributed by atoms with van der Waals surface area (Å²) in [5.74, 6) is -1.09. The number of nitrogens with zero attached hydrogens (tertiary/aromatic N) is 4. The quantitative estimate of drug-likeness (QED) is 0.639. The predicted octanol–water partition coefficient (Wildman–Crippen LogP) is 3.02. The molecule has 1 aromatic heterocycles. The first-order chi connectivity index (χ1) is 8.95. The molecule has 0 saturated heterocycles. The molecule has 0 aliphatic heterocycles. The molecule has 0 aliphatic carbocycles. The normalized spacial score (nSPS) is 10.3. The van der Waals surface area contributed by atoms with Crippen LogP contribution in [0.2, 0.25) is 10.6 Å². The second-order valence-electron chi connectivity index (χ2n) is 3.13. The van der Waals surface area contributed by atoms with Gasteiger partial charge in [-0.1, -0.05) is 0 Å². The van der Waals surface area contributed by atoms with E-state index in [1.165, 1.54) is 6.07 Å². The van der Waals surface area contributed by atoms with Crippen LogP contribution in [-0.2, 0) is 0 Å². The van der Waals surface area contributed by atoms with Gasteiger partial charge in [0.05, 0.1) is 4.92 Å². The Bertz CT molecular complexity index is 635. The molecule has 98 valence electrons. The first-order valence-electron chi connectivity index (χ1n) is 4.64. The van der Waals surface area contributed by atoms with E-state index in [1.54, 1.807) is 0 Å². The Balaban J connectivity index is 2.28. The van der Waals surface area contributed by atoms with Gasteiger partial charge in [-0.05, 0) is 29.3 Å². The summed E-state index contributed by atoms with van der Waals surface area (Å²) in [6.45, 7) is 0. The summed E-state index contributed by atoms with van der Waals surface area (Å²) in [4.78, 5) is 20.3. The van der Waals surface area contributed by atoms with Crippen molar-refractivity contribution >= 4 is 28.9 Å². The summed E-state index contributed by atoms with van der Waals surface area (Å²) in [5, 5.41) is 10.0. The number of halogens is 3. The van der Waals surface area contributed by atoms with Gasteiger partial charge in [0.1, 0.15) is 5.75 Å². The molecule has 7 nitrogen and oxygen atoms in total. The smallest absolute Gasteiger partial charge is 0.327 e. The van der Waals surface area contributed by atoms with E-state index in [9.17, 15) is 14.5 Å². The first kappa shape index (κ1) is 13.4. The fourth-order valence-corrected chi connectivity index (χ4v) is 1.51. The van der Waals surface area contributed by atoms with Crippen LogP contribution in [-0.4, -0.2) is 19.9 Å². The minimum atomic E-state index is -1.05. The average Bonchev–Trinajstić information content (AvgIpc) is 2.26. The van der Waals surface area contributed by atoms with Crippen molar-refractivity contribution in [3.05, 3.63) is 44.7 Å². The summed E-state index contributed by atoms with van der Waals surface area (Å²) < 4.78 is 18.4. The number of aromatic nitrogens is 3. The minimum absolute atomic E-state index is 0.0403. The number of benzene rings is 1. The Labute approximate surface area is 115 Å². The standard InChI is InChI=1S/C9H3Cl2FN4O3/c10-7-13-8(11)15-9(14-7)19-4-1-2-6(16(17)18)5(12)3-4/h1-3H. The molecule has 0 fully saturated rings. The summed E-state index contributed by atoms with van der Waals surface area (Å²) in [5.41, 5.74) is -0.668. The van der Waals surface area contributed by atoms with Gasteiger partial charge in [-0.2, -0.15) is 19.3 Å². The van der Waals surface area contributed by atoms with Crippen LogP contribution in [0.3, 0.4) is 0 Å². The molecule has 0 unspecified atom stereocenters. The lowest BCUT2D eigenvalue weighted by atomic mass is 10.3. The van der Waals surface area contributed by atoms with Gasteiger partial charge < -0.3 is 4.74 Å². The van der Waals surface area contributed by atoms with E-state index in [1.807, 2.05) is 0 Å². The number of hydrogen-bond donors (Lipinski definition) is 0. The van der Waals surface area contributed by atoms with Crippen LogP contribution in [0.5, 0.6) is 11.8 Å². The molecule has 0 N–H and O–H groups in total. The SMILES string of the molecule is O=[N+]([O-])c1ccc(Oc2nc(Cl)nc(Cl)n2)cc1F. The number of hydrogen-bond acceptors (Lipinski definition) is 6. The topological polar surface area (TPSA) is 91.0 Å². The van der Waals surface area contributed by atoms with Gasteiger partial charge >= 0.3 is 11.7 Å². The zero-order valence-electron chi connectivity index (χ0n) is 8.88. The van der Waals surface area contributed by atoms with Crippen molar-refractivity contribution in [3.63, 3.8) is 0 Å². The van der Waals surface area contributed by atoms with Crippen molar-refractivity contribution in [1.82, 2.24) is 15.0 Å². The van der Waals surface area contributed by atoms with Crippen molar-refractivity contribution in [2.75, 3.05) is 0 Å². The minimum Gasteiger partial charge on any atom is -0.424 e. The van der Waals surface area contributed by atoms with Crippen molar-refractivity contribution in [1.29, 1.82) is 0 Å². The highest BCUT2D eigenvalue weighted by molar-refractivity contribution is 6.31. The van der Waals surface area contributed by atoms with Crippen molar-refractivity contribution in [3.8, 4) is 11.8 Å². The molecule has 10 heteroatoms. The number of nitro groups is 1. The Morgan fingerprint density at radius 2 is 1.84 bits per heavy atom. The van der Waals surface area contributed by atoms with Gasteiger partial charge in [0.25, 0.3) is 0 Å². The van der Waals surface area contributed by atoms with Crippen molar-refractivity contribution in [2.45, 2.75) is 0 Å². The number of nitro benzene ring substituents is 1. The van der Waals surface area contributed by atoms with E-state index in [-0.39, 0.29) is 22.3 Å². The van der Waals surface area contributed by atoms with Crippen LogP contribution < -0.4 is 4.74 Å². The molecule has 0 amide bonds. The maximum Gasteiger partial charge on any atom is 0.327 e. The Hall–Kier alpha value is -2.06. The van der Waals surface area contributed by atoms with Gasteiger partial charge in [0.15, 0.2) is 0 Å². The molecule has 1 aromatic carbocycles. The van der Waals surface area contributed by atoms with Gasteiger partial charge in [-0.25, -0.2) is 0 Å². The summed E-state index contributed by atoms with van der Waals surface area (Å²) in [6.07, 6.45) is 0. The van der Waals surface area contributed by atoms with E-state index < -0.39 is 16.4 Å². The Morgan fingerprint density at radius 1 is 1.21 bits per heavy atom. The molecular weight excluding hydrogens is 302 g/mol. The first-order valence-corrected chi connectivity index (χ1v) is 5.40. The third-order valence-corrected chi connectivity index (χ3v) is 2.22. The summed E-state index contributed by atoms with van der Waals surface area (Å²) >= 11 is 11.0. The van der Waals surface area contributed by atoms with E-state index in [2.05, 4.69) is 15.0 Å². The predicted molar refractivity (Wildman–Crippen MR) is 63.0 cm³/mol. The molecule has 2 rings (SSSR count). The maximum atomic E-state index is 13.3. The highest BCUT2D eigenvalue weighted by atomic mass is 35.5. The fourth-order valence-electron chi connectivity index (χ4n) is 1.16. The highest BCUT2D eigenvalue weighted by Crippen LogP contribution is 2.25. The van der Waals surface area contributed by atoms with E-state index in [0.717, 1.165) is 12.1 Å². The third kappa shape index (κ3) is 3.24. The molecule has 0 radical (unpaired) electrons. The second-order valence-corrected chi connectivity index (χ2v) is 3.80. The molecule has 2 aromatic rings. The van der Waals surface area contributed by atoms with Gasteiger partial charge in [0.2, 0.25) is 16.4 Å². The lowest BCUT2D eigenvalue weighted by Gasteiger charge is -2.03. The van der Waals surface area contributed by atoms with Crippen LogP contribution in [0.15, 0.2) is 18.2 Å². The van der Waals surface area contributed by atoms with Crippen molar-refractivity contribution in [2.24, 2.45) is 0 Å². The van der Waals surface area contributed by atoms with E-state index in [4.69, 9.17) is 27.9 Å². The number of rotatable bonds is 3. The van der Waals surface area contributed by atoms with Gasteiger partial charge in [-0.3, -0.25) is 10.1 Å². The molecule has 0 aliphatic rings.